The molecule has 21 heavy (non-hydrogen) atoms. The van der Waals surface area contributed by atoms with Crippen LogP contribution in [-0.2, 0) is 0 Å². The van der Waals surface area contributed by atoms with Gasteiger partial charge in [-0.3, -0.25) is 4.98 Å². The lowest BCUT2D eigenvalue weighted by Gasteiger charge is -2.28. The minimum atomic E-state index is 0.710. The largest absolute Gasteiger partial charge is 0.354 e. The van der Waals surface area contributed by atoms with E-state index in [1.807, 2.05) is 18.5 Å². The topological polar surface area (TPSA) is 41.1 Å². The van der Waals surface area contributed by atoms with Crippen LogP contribution in [0.3, 0.4) is 0 Å². The lowest BCUT2D eigenvalue weighted by Crippen LogP contribution is -2.43. The Hall–Kier alpha value is -1.94. The second kappa shape index (κ2) is 5.45. The van der Waals surface area contributed by atoms with Crippen molar-refractivity contribution in [3.8, 4) is 11.3 Å². The van der Waals surface area contributed by atoms with E-state index in [-0.39, 0.29) is 0 Å². The minimum Gasteiger partial charge on any atom is -0.354 e. The Bertz CT molecular complexity index is 613. The summed E-state index contributed by atoms with van der Waals surface area (Å²) in [5.74, 6) is 1.78. The number of hydrogen-bond acceptors (Lipinski definition) is 4. The van der Waals surface area contributed by atoms with E-state index in [4.69, 9.17) is 0 Å². The van der Waals surface area contributed by atoms with Crippen LogP contribution in [0, 0.1) is 0 Å². The second-order valence-corrected chi connectivity index (χ2v) is 5.86. The van der Waals surface area contributed by atoms with Crippen LogP contribution in [0.5, 0.6) is 0 Å². The lowest BCUT2D eigenvalue weighted by atomic mass is 10.0. The number of aromatic nitrogens is 2. The van der Waals surface area contributed by atoms with Gasteiger partial charge < -0.3 is 10.2 Å². The smallest absolute Gasteiger partial charge is 0.128 e. The summed E-state index contributed by atoms with van der Waals surface area (Å²) in [5.41, 5.74) is 3.63. The summed E-state index contributed by atoms with van der Waals surface area (Å²) in [5, 5.41) is 3.37. The number of nitrogens with one attached hydrogen (secondary N) is 1. The highest BCUT2D eigenvalue weighted by atomic mass is 15.2. The van der Waals surface area contributed by atoms with Gasteiger partial charge in [0.05, 0.1) is 5.69 Å². The number of anilines is 1. The van der Waals surface area contributed by atoms with E-state index in [1.165, 1.54) is 18.4 Å². The third-order valence-corrected chi connectivity index (χ3v) is 4.32. The van der Waals surface area contributed by atoms with Crippen LogP contribution in [0.2, 0.25) is 0 Å². The van der Waals surface area contributed by atoms with Gasteiger partial charge in [-0.1, -0.05) is 6.07 Å². The Balaban J connectivity index is 1.61. The molecule has 2 fully saturated rings. The first-order valence-corrected chi connectivity index (χ1v) is 7.79. The van der Waals surface area contributed by atoms with Crippen molar-refractivity contribution < 1.29 is 0 Å². The lowest BCUT2D eigenvalue weighted by molar-refractivity contribution is 0.585. The fourth-order valence-corrected chi connectivity index (χ4v) is 2.99. The Morgan fingerprint density at radius 2 is 1.90 bits per heavy atom. The molecule has 4 rings (SSSR count). The van der Waals surface area contributed by atoms with Crippen molar-refractivity contribution >= 4 is 5.82 Å². The van der Waals surface area contributed by atoms with Crippen LogP contribution in [-0.4, -0.2) is 36.1 Å². The van der Waals surface area contributed by atoms with E-state index in [0.29, 0.717) is 5.92 Å². The van der Waals surface area contributed by atoms with Crippen molar-refractivity contribution in [2.24, 2.45) is 0 Å². The molecule has 1 aliphatic carbocycles. The molecule has 0 amide bonds. The van der Waals surface area contributed by atoms with E-state index >= 15 is 0 Å². The van der Waals surface area contributed by atoms with Crippen LogP contribution in [0.25, 0.3) is 11.3 Å². The zero-order valence-corrected chi connectivity index (χ0v) is 12.1. The average Bonchev–Trinajstić information content (AvgIpc) is 3.41. The van der Waals surface area contributed by atoms with Crippen LogP contribution in [0.15, 0.2) is 36.7 Å². The maximum absolute atomic E-state index is 4.66. The number of rotatable bonds is 3. The monoisotopic (exact) mass is 280 g/mol. The predicted octanol–water partition coefficient (Wildman–Crippen LogP) is 2.43. The number of hydrogen-bond donors (Lipinski definition) is 1. The summed E-state index contributed by atoms with van der Waals surface area (Å²) < 4.78 is 0. The SMILES string of the molecule is c1cnc(-c2ccc(N3CCNCC3)nc2)c(C2CC2)c1. The van der Waals surface area contributed by atoms with Gasteiger partial charge in [0.15, 0.2) is 0 Å². The van der Waals surface area contributed by atoms with Gasteiger partial charge in [-0.05, 0) is 42.5 Å². The Kier molecular flexibility index (Phi) is 3.31. The third-order valence-electron chi connectivity index (χ3n) is 4.32. The van der Waals surface area contributed by atoms with Crippen LogP contribution in [0.1, 0.15) is 24.3 Å². The van der Waals surface area contributed by atoms with E-state index in [1.54, 1.807) is 0 Å². The van der Waals surface area contributed by atoms with E-state index in [0.717, 1.165) is 43.3 Å². The quantitative estimate of drug-likeness (QED) is 0.937. The Labute approximate surface area is 125 Å². The second-order valence-electron chi connectivity index (χ2n) is 5.86. The highest BCUT2D eigenvalue weighted by Crippen LogP contribution is 2.43. The summed E-state index contributed by atoms with van der Waals surface area (Å²) in [6, 6.07) is 8.55. The molecule has 1 saturated heterocycles. The van der Waals surface area contributed by atoms with Crippen molar-refractivity contribution in [2.45, 2.75) is 18.8 Å². The molecule has 108 valence electrons. The summed E-state index contributed by atoms with van der Waals surface area (Å²) >= 11 is 0. The standard InChI is InChI=1S/C17H20N4/c1-2-15(13-3-4-13)17(19-7-1)14-5-6-16(20-12-14)21-10-8-18-9-11-21/h1-2,5-7,12-13,18H,3-4,8-11H2. The molecule has 0 spiro atoms. The first-order valence-electron chi connectivity index (χ1n) is 7.79. The van der Waals surface area contributed by atoms with Gasteiger partial charge in [-0.15, -0.1) is 0 Å². The predicted molar refractivity (Wildman–Crippen MR) is 84.5 cm³/mol. The van der Waals surface area contributed by atoms with Gasteiger partial charge in [0.1, 0.15) is 5.82 Å². The van der Waals surface area contributed by atoms with E-state index in [9.17, 15) is 0 Å². The number of nitrogens with zero attached hydrogens (tertiary/aromatic N) is 3. The van der Waals surface area contributed by atoms with Gasteiger partial charge in [0.2, 0.25) is 0 Å². The first-order chi connectivity index (χ1) is 10.4. The fourth-order valence-electron chi connectivity index (χ4n) is 2.99. The van der Waals surface area contributed by atoms with Gasteiger partial charge in [0, 0.05) is 44.1 Å². The normalized spacial score (nSPS) is 18.8. The zero-order chi connectivity index (χ0) is 14.1. The third kappa shape index (κ3) is 2.63. The average molecular weight is 280 g/mol. The van der Waals surface area contributed by atoms with Crippen molar-refractivity contribution in [3.05, 3.63) is 42.2 Å². The molecule has 2 aromatic rings. The van der Waals surface area contributed by atoms with Crippen LogP contribution >= 0.6 is 0 Å². The molecule has 1 N–H and O–H groups in total. The zero-order valence-electron chi connectivity index (χ0n) is 12.1. The molecule has 1 aliphatic heterocycles. The van der Waals surface area contributed by atoms with Crippen LogP contribution < -0.4 is 10.2 Å². The molecule has 0 bridgehead atoms. The van der Waals surface area contributed by atoms with Crippen molar-refractivity contribution in [1.82, 2.24) is 15.3 Å². The maximum Gasteiger partial charge on any atom is 0.128 e. The van der Waals surface area contributed by atoms with Crippen molar-refractivity contribution in [1.29, 1.82) is 0 Å². The summed E-state index contributed by atoms with van der Waals surface area (Å²) in [6.45, 7) is 4.14. The number of piperazine rings is 1. The molecule has 0 aromatic carbocycles. The van der Waals surface area contributed by atoms with Gasteiger partial charge in [-0.25, -0.2) is 4.98 Å². The van der Waals surface area contributed by atoms with E-state index < -0.39 is 0 Å². The first kappa shape index (κ1) is 12.8. The highest BCUT2D eigenvalue weighted by molar-refractivity contribution is 5.64. The molecule has 3 heterocycles. The molecular formula is C17H20N4. The molecule has 4 nitrogen and oxygen atoms in total. The van der Waals surface area contributed by atoms with Crippen molar-refractivity contribution in [2.75, 3.05) is 31.1 Å². The molecule has 1 saturated carbocycles. The number of pyridine rings is 2. The molecule has 0 unspecified atom stereocenters. The van der Waals surface area contributed by atoms with Gasteiger partial charge in [0.25, 0.3) is 0 Å². The maximum atomic E-state index is 4.66. The molecule has 4 heteroatoms. The Morgan fingerprint density at radius 1 is 1.05 bits per heavy atom. The van der Waals surface area contributed by atoms with Gasteiger partial charge >= 0.3 is 0 Å². The fraction of sp³-hybridized carbons (Fsp3) is 0.412. The molecule has 0 atom stereocenters. The molecule has 2 aliphatic rings. The van der Waals surface area contributed by atoms with Crippen molar-refractivity contribution in [3.63, 3.8) is 0 Å². The van der Waals surface area contributed by atoms with Gasteiger partial charge in [-0.2, -0.15) is 0 Å². The highest BCUT2D eigenvalue weighted by Gasteiger charge is 2.26. The Morgan fingerprint density at radius 3 is 2.62 bits per heavy atom. The summed E-state index contributed by atoms with van der Waals surface area (Å²) in [7, 11) is 0. The molecule has 2 aromatic heterocycles. The summed E-state index contributed by atoms with van der Waals surface area (Å²) in [6.07, 6.45) is 6.45. The molecule has 0 radical (unpaired) electrons. The summed E-state index contributed by atoms with van der Waals surface area (Å²) in [4.78, 5) is 11.6. The molecular weight excluding hydrogens is 260 g/mol. The minimum absolute atomic E-state index is 0.710. The van der Waals surface area contributed by atoms with Crippen LogP contribution in [0.4, 0.5) is 5.82 Å². The van der Waals surface area contributed by atoms with E-state index in [2.05, 4.69) is 38.4 Å².